The van der Waals surface area contributed by atoms with Crippen LogP contribution in [0, 0.1) is 0 Å². The van der Waals surface area contributed by atoms with Gasteiger partial charge in [-0.15, -0.1) is 11.3 Å². The molecule has 0 saturated heterocycles. The van der Waals surface area contributed by atoms with Gasteiger partial charge in [-0.05, 0) is 41.6 Å². The molecule has 25 heavy (non-hydrogen) atoms. The van der Waals surface area contributed by atoms with E-state index in [1.165, 1.54) is 11.3 Å². The van der Waals surface area contributed by atoms with Crippen molar-refractivity contribution in [3.63, 3.8) is 0 Å². The lowest BCUT2D eigenvalue weighted by molar-refractivity contribution is 0.0940. The fourth-order valence-corrected chi connectivity index (χ4v) is 3.27. The summed E-state index contributed by atoms with van der Waals surface area (Å²) in [5.74, 6) is 0.468. The smallest absolute Gasteiger partial charge is 0.265 e. The minimum Gasteiger partial charge on any atom is -0.487 e. The Morgan fingerprint density at radius 2 is 1.84 bits per heavy atom. The first-order valence-electron chi connectivity index (χ1n) is 7.94. The molecule has 0 bridgehead atoms. The molecule has 0 saturated carbocycles. The molecule has 1 amide bonds. The molecule has 1 heterocycles. The number of thiophene rings is 1. The van der Waals surface area contributed by atoms with Crippen LogP contribution in [0.4, 0.5) is 0 Å². The van der Waals surface area contributed by atoms with E-state index in [1.54, 1.807) is 0 Å². The van der Waals surface area contributed by atoms with Crippen LogP contribution in [0.3, 0.4) is 0 Å². The van der Waals surface area contributed by atoms with E-state index in [4.69, 9.17) is 16.3 Å². The van der Waals surface area contributed by atoms with E-state index in [2.05, 4.69) is 5.32 Å². The van der Waals surface area contributed by atoms with Crippen LogP contribution in [-0.4, -0.2) is 5.91 Å². The van der Waals surface area contributed by atoms with Gasteiger partial charge in [0.25, 0.3) is 5.91 Å². The number of halogens is 1. The van der Waals surface area contributed by atoms with Gasteiger partial charge in [0.2, 0.25) is 0 Å². The third-order valence-corrected chi connectivity index (χ3v) is 4.94. The first-order chi connectivity index (χ1) is 12.1. The Morgan fingerprint density at radius 1 is 1.12 bits per heavy atom. The van der Waals surface area contributed by atoms with Gasteiger partial charge < -0.3 is 10.1 Å². The van der Waals surface area contributed by atoms with Gasteiger partial charge in [0, 0.05) is 5.02 Å². The minimum atomic E-state index is -0.127. The van der Waals surface area contributed by atoms with Crippen molar-refractivity contribution in [1.82, 2.24) is 5.32 Å². The molecule has 1 aromatic heterocycles. The summed E-state index contributed by atoms with van der Waals surface area (Å²) in [4.78, 5) is 13.1. The Bertz CT molecular complexity index is 830. The van der Waals surface area contributed by atoms with Crippen molar-refractivity contribution >= 4 is 28.8 Å². The number of carbonyl (C=O) groups excluding carboxylic acids is 1. The quantitative estimate of drug-likeness (QED) is 0.623. The third-order valence-electron chi connectivity index (χ3n) is 3.79. The summed E-state index contributed by atoms with van der Waals surface area (Å²) in [6.45, 7) is 2.36. The lowest BCUT2D eigenvalue weighted by Crippen LogP contribution is -2.26. The molecule has 3 nitrogen and oxygen atoms in total. The van der Waals surface area contributed by atoms with Crippen molar-refractivity contribution < 1.29 is 9.53 Å². The fraction of sp³-hybridized carbons (Fsp3) is 0.150. The summed E-state index contributed by atoms with van der Waals surface area (Å²) >= 11 is 7.26. The van der Waals surface area contributed by atoms with Gasteiger partial charge in [0.1, 0.15) is 17.2 Å². The molecule has 3 aromatic rings. The second-order valence-corrected chi connectivity index (χ2v) is 6.99. The molecule has 0 aliphatic carbocycles. The highest BCUT2D eigenvalue weighted by Gasteiger charge is 2.17. The number of ether oxygens (including phenoxy) is 1. The highest BCUT2D eigenvalue weighted by atomic mass is 35.5. The molecule has 0 aliphatic rings. The number of rotatable bonds is 6. The van der Waals surface area contributed by atoms with Crippen LogP contribution in [0.2, 0.25) is 5.02 Å². The summed E-state index contributed by atoms with van der Waals surface area (Å²) in [7, 11) is 0. The second kappa shape index (κ2) is 8.19. The summed E-state index contributed by atoms with van der Waals surface area (Å²) in [5.41, 5.74) is 2.07. The Labute approximate surface area is 156 Å². The van der Waals surface area contributed by atoms with Crippen LogP contribution >= 0.6 is 22.9 Å². The van der Waals surface area contributed by atoms with Gasteiger partial charge in [-0.3, -0.25) is 4.79 Å². The molecular formula is C20H18ClNO2S. The average molecular weight is 372 g/mol. The monoisotopic (exact) mass is 371 g/mol. The van der Waals surface area contributed by atoms with Gasteiger partial charge in [-0.1, -0.05) is 54.1 Å². The average Bonchev–Trinajstić information content (AvgIpc) is 3.10. The number of nitrogens with one attached hydrogen (secondary N) is 1. The van der Waals surface area contributed by atoms with Crippen molar-refractivity contribution in [2.75, 3.05) is 0 Å². The van der Waals surface area contributed by atoms with Gasteiger partial charge in [-0.2, -0.15) is 0 Å². The van der Waals surface area contributed by atoms with E-state index in [9.17, 15) is 4.79 Å². The number of carbonyl (C=O) groups is 1. The van der Waals surface area contributed by atoms with Crippen molar-refractivity contribution in [1.29, 1.82) is 0 Å². The molecule has 2 aromatic carbocycles. The number of hydrogen-bond donors (Lipinski definition) is 1. The van der Waals surface area contributed by atoms with E-state index in [-0.39, 0.29) is 11.9 Å². The van der Waals surface area contributed by atoms with Crippen LogP contribution in [0.15, 0.2) is 66.0 Å². The summed E-state index contributed by atoms with van der Waals surface area (Å²) in [5, 5.41) is 5.57. The highest BCUT2D eigenvalue weighted by molar-refractivity contribution is 7.12. The molecule has 0 fully saturated rings. The molecule has 128 valence electrons. The largest absolute Gasteiger partial charge is 0.487 e. The van der Waals surface area contributed by atoms with Gasteiger partial charge >= 0.3 is 0 Å². The van der Waals surface area contributed by atoms with Crippen molar-refractivity contribution in [3.8, 4) is 5.75 Å². The Morgan fingerprint density at radius 3 is 2.56 bits per heavy atom. The lowest BCUT2D eigenvalue weighted by atomic mass is 10.1. The molecule has 0 aliphatic heterocycles. The van der Waals surface area contributed by atoms with Crippen LogP contribution in [0.1, 0.15) is 33.8 Å². The number of amides is 1. The predicted molar refractivity (Wildman–Crippen MR) is 102 cm³/mol. The Kier molecular flexibility index (Phi) is 5.74. The Balaban J connectivity index is 1.64. The molecule has 3 rings (SSSR count). The van der Waals surface area contributed by atoms with Gasteiger partial charge in [-0.25, -0.2) is 0 Å². The van der Waals surface area contributed by atoms with Crippen LogP contribution in [-0.2, 0) is 6.61 Å². The molecule has 1 unspecified atom stereocenters. The fourth-order valence-electron chi connectivity index (χ4n) is 2.41. The summed E-state index contributed by atoms with van der Waals surface area (Å²) < 4.78 is 5.82. The first-order valence-corrected chi connectivity index (χ1v) is 9.20. The van der Waals surface area contributed by atoms with Crippen LogP contribution < -0.4 is 10.1 Å². The molecule has 0 spiro atoms. The van der Waals surface area contributed by atoms with E-state index < -0.39 is 0 Å². The number of benzene rings is 2. The second-order valence-electron chi connectivity index (χ2n) is 5.63. The van der Waals surface area contributed by atoms with Crippen molar-refractivity contribution in [2.24, 2.45) is 0 Å². The predicted octanol–water partition coefficient (Wildman–Crippen LogP) is 5.47. The third kappa shape index (κ3) is 4.62. The van der Waals surface area contributed by atoms with E-state index in [0.717, 1.165) is 11.1 Å². The molecule has 1 atom stereocenters. The normalized spacial score (nSPS) is 11.8. The van der Waals surface area contributed by atoms with Crippen molar-refractivity contribution in [2.45, 2.75) is 19.6 Å². The Hall–Kier alpha value is -2.30. The molecule has 1 N–H and O–H groups in total. The molecule has 5 heteroatoms. The zero-order valence-corrected chi connectivity index (χ0v) is 15.3. The maximum Gasteiger partial charge on any atom is 0.265 e. The summed E-state index contributed by atoms with van der Waals surface area (Å²) in [6, 6.07) is 19.1. The number of hydrogen-bond acceptors (Lipinski definition) is 3. The van der Waals surface area contributed by atoms with E-state index in [1.807, 2.05) is 73.0 Å². The SMILES string of the molecule is CC(NC(=O)c1sccc1OCc1ccc(Cl)cc1)c1ccccc1. The standard InChI is InChI=1S/C20H18ClNO2S/c1-14(16-5-3-2-4-6-16)22-20(23)19-18(11-12-25-19)24-13-15-7-9-17(21)10-8-15/h2-12,14H,13H2,1H3,(H,22,23). The van der Waals surface area contributed by atoms with Crippen molar-refractivity contribution in [3.05, 3.63) is 87.1 Å². The van der Waals surface area contributed by atoms with Crippen LogP contribution in [0.25, 0.3) is 0 Å². The van der Waals surface area contributed by atoms with Gasteiger partial charge in [0.15, 0.2) is 0 Å². The maximum atomic E-state index is 12.6. The molecule has 0 radical (unpaired) electrons. The zero-order valence-electron chi connectivity index (χ0n) is 13.7. The van der Waals surface area contributed by atoms with Crippen LogP contribution in [0.5, 0.6) is 5.75 Å². The van der Waals surface area contributed by atoms with E-state index in [0.29, 0.717) is 22.3 Å². The maximum absolute atomic E-state index is 12.6. The minimum absolute atomic E-state index is 0.0695. The van der Waals surface area contributed by atoms with Gasteiger partial charge in [0.05, 0.1) is 6.04 Å². The molecular weight excluding hydrogens is 354 g/mol. The van der Waals surface area contributed by atoms with E-state index >= 15 is 0 Å². The lowest BCUT2D eigenvalue weighted by Gasteiger charge is -2.14. The first kappa shape index (κ1) is 17.5. The highest BCUT2D eigenvalue weighted by Crippen LogP contribution is 2.26. The summed E-state index contributed by atoms with van der Waals surface area (Å²) in [6.07, 6.45) is 0. The topological polar surface area (TPSA) is 38.3 Å². The zero-order chi connectivity index (χ0) is 17.6.